The number of fused-ring (bicyclic) bond motifs is 1. The third kappa shape index (κ3) is 4.67. The Morgan fingerprint density at radius 3 is 2.19 bits per heavy atom. The number of nitrogens with one attached hydrogen (secondary N) is 2. The van der Waals surface area contributed by atoms with Crippen LogP contribution in [0.25, 0.3) is 0 Å². The highest BCUT2D eigenvalue weighted by Gasteiger charge is 2.37. The van der Waals surface area contributed by atoms with Crippen LogP contribution in [0.1, 0.15) is 80.4 Å². The molecule has 0 saturated carbocycles. The summed E-state index contributed by atoms with van der Waals surface area (Å²) in [6, 6.07) is 6.79. The maximum atomic E-state index is 13.2. The van der Waals surface area contributed by atoms with Gasteiger partial charge in [-0.25, -0.2) is 0 Å². The molecule has 1 aromatic carbocycles. The van der Waals surface area contributed by atoms with Crippen LogP contribution < -0.4 is 10.2 Å². The van der Waals surface area contributed by atoms with Gasteiger partial charge < -0.3 is 10.3 Å². The lowest BCUT2D eigenvalue weighted by molar-refractivity contribution is -0.113. The van der Waals surface area contributed by atoms with Crippen LogP contribution in [0.3, 0.4) is 0 Å². The molecule has 1 unspecified atom stereocenters. The number of rotatable bonds is 9. The molecule has 0 spiro atoms. The number of nitrogens with zero attached hydrogens (tertiary/aromatic N) is 1. The molecular formula is C27H38ClN3O. The first-order valence-corrected chi connectivity index (χ1v) is 12.4. The predicted molar refractivity (Wildman–Crippen MR) is 136 cm³/mol. The van der Waals surface area contributed by atoms with Crippen LogP contribution in [0.5, 0.6) is 0 Å². The number of H-pyrrole nitrogens is 1. The Bertz CT molecular complexity index is 991. The highest BCUT2D eigenvalue weighted by molar-refractivity contribution is 6.30. The molecule has 2 N–H and O–H groups in total. The minimum absolute atomic E-state index is 0.00895. The number of hydrogen-bond donors (Lipinski definition) is 2. The fourth-order valence-corrected chi connectivity index (χ4v) is 5.45. The standard InChI is InChI=1S/C27H38ClN3O/c1-8-10-21(11-9-2)30-25-22-14-19(6)29-27(22)31(20(7)24(25)23(32)15-28)26-17(4)12-16(3)13-18(26)5/h12-14,21,25,29-30H,8-11,15H2,1-7H3. The largest absolute Gasteiger partial charge is 0.345 e. The van der Waals surface area contributed by atoms with E-state index in [2.05, 4.69) is 81.9 Å². The molecule has 32 heavy (non-hydrogen) atoms. The number of ketones is 1. The first-order chi connectivity index (χ1) is 15.2. The molecule has 0 bridgehead atoms. The quantitative estimate of drug-likeness (QED) is 0.397. The predicted octanol–water partition coefficient (Wildman–Crippen LogP) is 7.08. The van der Waals surface area contributed by atoms with E-state index < -0.39 is 0 Å². The monoisotopic (exact) mass is 455 g/mol. The fourth-order valence-electron chi connectivity index (χ4n) is 5.31. The zero-order valence-electron chi connectivity index (χ0n) is 20.7. The number of alkyl halides is 1. The molecule has 4 nitrogen and oxygen atoms in total. The van der Waals surface area contributed by atoms with E-state index >= 15 is 0 Å². The Morgan fingerprint density at radius 2 is 1.66 bits per heavy atom. The lowest BCUT2D eigenvalue weighted by Gasteiger charge is -2.39. The van der Waals surface area contributed by atoms with Gasteiger partial charge in [-0.1, -0.05) is 44.4 Å². The lowest BCUT2D eigenvalue weighted by Crippen LogP contribution is -2.40. The van der Waals surface area contributed by atoms with E-state index in [1.807, 2.05) is 0 Å². The normalized spacial score (nSPS) is 16.2. The molecule has 0 amide bonds. The minimum Gasteiger partial charge on any atom is -0.345 e. The SMILES string of the molecule is CCCC(CCC)NC1C(C(=O)CCl)=C(C)N(c2c(C)cc(C)cc2C)c2[nH]c(C)cc21. The van der Waals surface area contributed by atoms with Crippen molar-refractivity contribution >= 4 is 28.9 Å². The van der Waals surface area contributed by atoms with Gasteiger partial charge in [-0.15, -0.1) is 11.6 Å². The lowest BCUT2D eigenvalue weighted by atomic mass is 9.88. The second kappa shape index (κ2) is 10.3. The summed E-state index contributed by atoms with van der Waals surface area (Å²) in [6.45, 7) is 15.0. The van der Waals surface area contributed by atoms with E-state index in [0.717, 1.165) is 59.7 Å². The molecule has 174 valence electrons. The number of aromatic nitrogens is 1. The Labute approximate surface area is 198 Å². The zero-order chi connectivity index (χ0) is 23.6. The molecule has 0 radical (unpaired) electrons. The van der Waals surface area contributed by atoms with E-state index in [-0.39, 0.29) is 17.7 Å². The number of benzene rings is 1. The summed E-state index contributed by atoms with van der Waals surface area (Å²) in [5.74, 6) is 1.02. The Balaban J connectivity index is 2.23. The van der Waals surface area contributed by atoms with E-state index in [4.69, 9.17) is 11.6 Å². The third-order valence-electron chi connectivity index (χ3n) is 6.47. The Morgan fingerprint density at radius 1 is 1.06 bits per heavy atom. The molecule has 0 aliphatic carbocycles. The first kappa shape index (κ1) is 24.6. The molecular weight excluding hydrogens is 418 g/mol. The van der Waals surface area contributed by atoms with Crippen molar-refractivity contribution in [1.29, 1.82) is 0 Å². The fraction of sp³-hybridized carbons (Fsp3) is 0.519. The van der Waals surface area contributed by atoms with Gasteiger partial charge in [0, 0.05) is 28.6 Å². The van der Waals surface area contributed by atoms with Crippen LogP contribution in [0.2, 0.25) is 0 Å². The van der Waals surface area contributed by atoms with Gasteiger partial charge in [0.05, 0.1) is 17.6 Å². The minimum atomic E-state index is -0.161. The van der Waals surface area contributed by atoms with Crippen molar-refractivity contribution < 1.29 is 4.79 Å². The van der Waals surface area contributed by atoms with Gasteiger partial charge in [0.25, 0.3) is 0 Å². The number of aryl methyl sites for hydroxylation is 4. The number of Topliss-reactive ketones (excluding diaryl/α,β-unsaturated/α-hetero) is 1. The molecule has 0 fully saturated rings. The van der Waals surface area contributed by atoms with E-state index in [0.29, 0.717) is 6.04 Å². The smallest absolute Gasteiger partial charge is 0.177 e. The summed E-state index contributed by atoms with van der Waals surface area (Å²) in [6.07, 6.45) is 4.40. The van der Waals surface area contributed by atoms with Crippen molar-refractivity contribution in [3.05, 3.63) is 57.4 Å². The third-order valence-corrected chi connectivity index (χ3v) is 6.71. The summed E-state index contributed by atoms with van der Waals surface area (Å²) in [5, 5.41) is 3.85. The highest BCUT2D eigenvalue weighted by Crippen LogP contribution is 2.46. The van der Waals surface area contributed by atoms with Gasteiger partial charge in [0.15, 0.2) is 5.78 Å². The zero-order valence-corrected chi connectivity index (χ0v) is 21.4. The first-order valence-electron chi connectivity index (χ1n) is 11.9. The second-order valence-electron chi connectivity index (χ2n) is 9.27. The summed E-state index contributed by atoms with van der Waals surface area (Å²) in [4.78, 5) is 19.1. The molecule has 2 heterocycles. The topological polar surface area (TPSA) is 48.1 Å². The van der Waals surface area contributed by atoms with Gasteiger partial charge in [0.1, 0.15) is 5.82 Å². The number of allylic oxidation sites excluding steroid dienone is 1. The number of anilines is 2. The number of carbonyl (C=O) groups is 1. The number of carbonyl (C=O) groups excluding carboxylic acids is 1. The Hall–Kier alpha value is -2.04. The van der Waals surface area contributed by atoms with Crippen LogP contribution in [0.4, 0.5) is 11.5 Å². The maximum Gasteiger partial charge on any atom is 0.177 e. The van der Waals surface area contributed by atoms with E-state index in [1.165, 1.54) is 16.7 Å². The van der Waals surface area contributed by atoms with Crippen molar-refractivity contribution in [3.8, 4) is 0 Å². The van der Waals surface area contributed by atoms with Crippen molar-refractivity contribution in [1.82, 2.24) is 10.3 Å². The van der Waals surface area contributed by atoms with E-state index in [9.17, 15) is 4.79 Å². The van der Waals surface area contributed by atoms with Crippen molar-refractivity contribution in [2.75, 3.05) is 10.8 Å². The van der Waals surface area contributed by atoms with Gasteiger partial charge in [-0.2, -0.15) is 0 Å². The van der Waals surface area contributed by atoms with E-state index in [1.54, 1.807) is 0 Å². The molecule has 1 atom stereocenters. The number of hydrogen-bond acceptors (Lipinski definition) is 3. The number of aromatic amines is 1. The van der Waals surface area contributed by atoms with Gasteiger partial charge in [-0.3, -0.25) is 9.69 Å². The van der Waals surface area contributed by atoms with Crippen LogP contribution in [-0.4, -0.2) is 22.7 Å². The Kier molecular flexibility index (Phi) is 7.89. The van der Waals surface area contributed by atoms with Crippen molar-refractivity contribution in [2.45, 2.75) is 86.2 Å². The number of halogens is 1. The van der Waals surface area contributed by atoms with Crippen LogP contribution in [0.15, 0.2) is 29.5 Å². The summed E-state index contributed by atoms with van der Waals surface area (Å²) in [5.41, 5.74) is 8.70. The molecule has 2 aromatic rings. The van der Waals surface area contributed by atoms with Crippen molar-refractivity contribution in [2.24, 2.45) is 0 Å². The molecule has 3 rings (SSSR count). The maximum absolute atomic E-state index is 13.2. The molecule has 5 heteroatoms. The van der Waals surface area contributed by atoms with Crippen LogP contribution in [-0.2, 0) is 4.79 Å². The second-order valence-corrected chi connectivity index (χ2v) is 9.54. The van der Waals surface area contributed by atoms with Crippen LogP contribution >= 0.6 is 11.6 Å². The molecule has 1 aliphatic rings. The molecule has 1 aromatic heterocycles. The van der Waals surface area contributed by atoms with Gasteiger partial charge in [0.2, 0.25) is 0 Å². The van der Waals surface area contributed by atoms with Crippen molar-refractivity contribution in [3.63, 3.8) is 0 Å². The summed E-state index contributed by atoms with van der Waals surface area (Å²) in [7, 11) is 0. The van der Waals surface area contributed by atoms with Gasteiger partial charge in [-0.05, 0) is 64.7 Å². The average Bonchev–Trinajstić information content (AvgIpc) is 3.10. The van der Waals surface area contributed by atoms with Crippen LogP contribution in [0, 0.1) is 27.7 Å². The average molecular weight is 456 g/mol. The van der Waals surface area contributed by atoms with Gasteiger partial charge >= 0.3 is 0 Å². The summed E-state index contributed by atoms with van der Waals surface area (Å²) >= 11 is 6.15. The highest BCUT2D eigenvalue weighted by atomic mass is 35.5. The molecule has 1 aliphatic heterocycles. The molecule has 0 saturated heterocycles. The summed E-state index contributed by atoms with van der Waals surface area (Å²) < 4.78 is 0.